The van der Waals surface area contributed by atoms with Gasteiger partial charge in [0.05, 0.1) is 18.6 Å². The van der Waals surface area contributed by atoms with Crippen molar-refractivity contribution in [3.63, 3.8) is 0 Å². The first kappa shape index (κ1) is 49.7. The monoisotopic (exact) mass is 675 g/mol. The highest BCUT2D eigenvalue weighted by Crippen LogP contribution is 2.18. The van der Waals surface area contributed by atoms with E-state index in [1.807, 2.05) is 0 Å². The van der Waals surface area contributed by atoms with Crippen molar-refractivity contribution >= 4 is 17.9 Å². The van der Waals surface area contributed by atoms with Crippen molar-refractivity contribution in [2.24, 2.45) is 5.92 Å². The number of carbonyl (C=O) groups is 3. The molecule has 0 aliphatic heterocycles. The second kappa shape index (κ2) is 42.4. The van der Waals surface area contributed by atoms with Gasteiger partial charge in [-0.2, -0.15) is 0 Å². The molecule has 8 heteroatoms. The molecule has 0 saturated heterocycles. The molecular weight excluding hydrogens is 596 g/mol. The van der Waals surface area contributed by atoms with Gasteiger partial charge in [0.15, 0.2) is 0 Å². The molecule has 0 amide bonds. The summed E-state index contributed by atoms with van der Waals surface area (Å²) in [6.45, 7) is 6.30. The number of hydrogen-bond donors (Lipinski definition) is 5. The van der Waals surface area contributed by atoms with E-state index in [-0.39, 0.29) is 13.0 Å². The van der Waals surface area contributed by atoms with E-state index >= 15 is 0 Å². The Bertz CT molecular complexity index is 623. The Labute approximate surface area is 289 Å². The summed E-state index contributed by atoms with van der Waals surface area (Å²) >= 11 is 0. The van der Waals surface area contributed by atoms with Crippen LogP contribution in [0.4, 0.5) is 0 Å². The Morgan fingerprint density at radius 2 is 0.723 bits per heavy atom. The van der Waals surface area contributed by atoms with E-state index in [4.69, 9.17) is 20.4 Å². The molecular formula is C39H78O8. The molecule has 8 nitrogen and oxygen atoms in total. The SMILES string of the molecule is CCCCCCCCCCC(CC(O)CO)C(=O)O.CCCCCCCCCCCC(=O)O.CCCCCCCCCCCC(=O)O. The van der Waals surface area contributed by atoms with Gasteiger partial charge in [-0.3, -0.25) is 14.4 Å². The quantitative estimate of drug-likeness (QED) is 0.0431. The van der Waals surface area contributed by atoms with Gasteiger partial charge in [0.2, 0.25) is 0 Å². The average Bonchev–Trinajstić information content (AvgIpc) is 3.04. The Balaban J connectivity index is -0.000000630. The third-order valence-electron chi connectivity index (χ3n) is 8.51. The van der Waals surface area contributed by atoms with Gasteiger partial charge < -0.3 is 25.5 Å². The summed E-state index contributed by atoms with van der Waals surface area (Å²) in [6, 6.07) is 0. The van der Waals surface area contributed by atoms with E-state index in [0.29, 0.717) is 19.3 Å². The number of carboxylic acid groups (broad SMARTS) is 3. The molecule has 0 saturated carbocycles. The van der Waals surface area contributed by atoms with Crippen LogP contribution >= 0.6 is 0 Å². The zero-order valence-electron chi connectivity index (χ0n) is 31.0. The van der Waals surface area contributed by atoms with Gasteiger partial charge in [-0.05, 0) is 25.7 Å². The summed E-state index contributed by atoms with van der Waals surface area (Å²) in [5.41, 5.74) is 0. The lowest BCUT2D eigenvalue weighted by atomic mass is 9.95. The number of hydrogen-bond acceptors (Lipinski definition) is 5. The maximum atomic E-state index is 11.0. The molecule has 0 fully saturated rings. The Hall–Kier alpha value is -1.67. The zero-order chi connectivity index (χ0) is 35.8. The van der Waals surface area contributed by atoms with Crippen molar-refractivity contribution < 1.29 is 39.9 Å². The van der Waals surface area contributed by atoms with Gasteiger partial charge in [-0.15, -0.1) is 0 Å². The lowest BCUT2D eigenvalue weighted by Crippen LogP contribution is -2.23. The van der Waals surface area contributed by atoms with Crippen LogP contribution in [0.1, 0.15) is 213 Å². The Kier molecular flexibility index (Phi) is 44.8. The second-order valence-corrected chi connectivity index (χ2v) is 13.3. The Morgan fingerprint density at radius 3 is 0.979 bits per heavy atom. The van der Waals surface area contributed by atoms with Gasteiger partial charge in [-0.25, -0.2) is 0 Å². The largest absolute Gasteiger partial charge is 0.481 e. The topological polar surface area (TPSA) is 152 Å². The van der Waals surface area contributed by atoms with Crippen LogP contribution in [0.5, 0.6) is 0 Å². The van der Waals surface area contributed by atoms with Crippen LogP contribution in [0.2, 0.25) is 0 Å². The number of aliphatic hydroxyl groups excluding tert-OH is 2. The molecule has 0 aliphatic rings. The van der Waals surface area contributed by atoms with E-state index in [2.05, 4.69) is 20.8 Å². The number of aliphatic carboxylic acids is 3. The lowest BCUT2D eigenvalue weighted by Gasteiger charge is -2.15. The molecule has 0 spiro atoms. The van der Waals surface area contributed by atoms with Crippen LogP contribution in [0.25, 0.3) is 0 Å². The molecule has 282 valence electrons. The standard InChI is InChI=1S/C15H30O4.2C12H24O2/c1-2-3-4-5-6-7-8-9-10-13(15(18)19)11-14(17)12-16;2*1-2-3-4-5-6-7-8-9-10-11-12(13)14/h13-14,16-17H,2-12H2,1H3,(H,18,19);2*2-11H2,1H3,(H,13,14). The van der Waals surface area contributed by atoms with Crippen LogP contribution in [-0.4, -0.2) is 56.2 Å². The molecule has 0 bridgehead atoms. The molecule has 5 N–H and O–H groups in total. The minimum atomic E-state index is -0.907. The van der Waals surface area contributed by atoms with Crippen molar-refractivity contribution in [2.45, 2.75) is 219 Å². The molecule has 0 aromatic heterocycles. The maximum absolute atomic E-state index is 11.0. The normalized spacial score (nSPS) is 11.9. The summed E-state index contributed by atoms with van der Waals surface area (Å²) in [7, 11) is 0. The average molecular weight is 675 g/mol. The highest BCUT2D eigenvalue weighted by Gasteiger charge is 2.20. The summed E-state index contributed by atoms with van der Waals surface area (Å²) in [4.78, 5) is 31.4. The van der Waals surface area contributed by atoms with Gasteiger partial charge >= 0.3 is 17.9 Å². The third-order valence-corrected chi connectivity index (χ3v) is 8.51. The lowest BCUT2D eigenvalue weighted by molar-refractivity contribution is -0.143. The summed E-state index contributed by atoms with van der Waals surface area (Å²) in [5.74, 6) is -2.71. The molecule has 0 rings (SSSR count). The van der Waals surface area contributed by atoms with Crippen LogP contribution < -0.4 is 0 Å². The summed E-state index contributed by atoms with van der Waals surface area (Å²) < 4.78 is 0. The van der Waals surface area contributed by atoms with Crippen molar-refractivity contribution in [1.82, 2.24) is 0 Å². The second-order valence-electron chi connectivity index (χ2n) is 13.3. The predicted molar refractivity (Wildman–Crippen MR) is 195 cm³/mol. The van der Waals surface area contributed by atoms with E-state index < -0.39 is 29.9 Å². The summed E-state index contributed by atoms with van der Waals surface area (Å²) in [6.07, 6.45) is 32.3. The fourth-order valence-corrected chi connectivity index (χ4v) is 5.44. The van der Waals surface area contributed by atoms with Crippen LogP contribution in [0.15, 0.2) is 0 Å². The number of carboxylic acids is 3. The molecule has 0 aromatic rings. The zero-order valence-corrected chi connectivity index (χ0v) is 31.0. The predicted octanol–water partition coefficient (Wildman–Crippen LogP) is 10.9. The Morgan fingerprint density at radius 1 is 0.447 bits per heavy atom. The van der Waals surface area contributed by atoms with Crippen LogP contribution in [0, 0.1) is 5.92 Å². The van der Waals surface area contributed by atoms with Gasteiger partial charge in [0, 0.05) is 12.8 Å². The van der Waals surface area contributed by atoms with E-state index in [9.17, 15) is 19.5 Å². The first-order valence-electron chi connectivity index (χ1n) is 19.6. The fraction of sp³-hybridized carbons (Fsp3) is 0.923. The number of unbranched alkanes of at least 4 members (excludes halogenated alkanes) is 23. The van der Waals surface area contributed by atoms with Crippen LogP contribution in [-0.2, 0) is 14.4 Å². The molecule has 0 aromatic carbocycles. The van der Waals surface area contributed by atoms with E-state index in [0.717, 1.165) is 38.5 Å². The minimum Gasteiger partial charge on any atom is -0.481 e. The minimum absolute atomic E-state index is 0.155. The third kappa shape index (κ3) is 48.8. The van der Waals surface area contributed by atoms with Crippen molar-refractivity contribution in [3.8, 4) is 0 Å². The van der Waals surface area contributed by atoms with Crippen molar-refractivity contribution in [2.75, 3.05) is 6.61 Å². The first-order chi connectivity index (χ1) is 22.7. The number of rotatable bonds is 33. The van der Waals surface area contributed by atoms with Crippen molar-refractivity contribution in [3.05, 3.63) is 0 Å². The summed E-state index contributed by atoms with van der Waals surface area (Å²) in [5, 5.41) is 43.9. The molecule has 0 aliphatic carbocycles. The van der Waals surface area contributed by atoms with E-state index in [1.54, 1.807) is 0 Å². The molecule has 2 atom stereocenters. The van der Waals surface area contributed by atoms with Crippen LogP contribution in [0.3, 0.4) is 0 Å². The molecule has 2 unspecified atom stereocenters. The van der Waals surface area contributed by atoms with Gasteiger partial charge in [-0.1, -0.05) is 175 Å². The first-order valence-corrected chi connectivity index (χ1v) is 19.6. The molecule has 47 heavy (non-hydrogen) atoms. The van der Waals surface area contributed by atoms with E-state index in [1.165, 1.54) is 128 Å². The smallest absolute Gasteiger partial charge is 0.306 e. The molecule has 0 heterocycles. The van der Waals surface area contributed by atoms with Gasteiger partial charge in [0.1, 0.15) is 0 Å². The van der Waals surface area contributed by atoms with Crippen molar-refractivity contribution in [1.29, 1.82) is 0 Å². The van der Waals surface area contributed by atoms with Gasteiger partial charge in [0.25, 0.3) is 0 Å². The number of aliphatic hydroxyl groups is 2. The highest BCUT2D eigenvalue weighted by atomic mass is 16.4. The molecule has 0 radical (unpaired) electrons. The highest BCUT2D eigenvalue weighted by molar-refractivity contribution is 5.70. The maximum Gasteiger partial charge on any atom is 0.306 e. The fourth-order valence-electron chi connectivity index (χ4n) is 5.44.